The Bertz CT molecular complexity index is 53.1. The monoisotopic (exact) mass is 172 g/mol. The maximum absolute atomic E-state index is 8.02. The van der Waals surface area contributed by atoms with Gasteiger partial charge in [0.25, 0.3) is 0 Å². The van der Waals surface area contributed by atoms with Crippen LogP contribution in [-0.4, -0.2) is 22.3 Å². The molecule has 0 heterocycles. The Kier molecular flexibility index (Phi) is 15.0. The number of rotatable bonds is 3. The summed E-state index contributed by atoms with van der Waals surface area (Å²) in [6.07, 6.45) is 0. The van der Waals surface area contributed by atoms with Gasteiger partial charge in [-0.15, -0.1) is 24.8 Å². The first kappa shape index (κ1) is 12.1. The summed E-state index contributed by atoms with van der Waals surface area (Å²) in [5.41, 5.74) is 0. The third-order valence-electron chi connectivity index (χ3n) is 0.284. The summed E-state index contributed by atoms with van der Waals surface area (Å²) in [4.78, 5) is 16.0. The van der Waals surface area contributed by atoms with E-state index in [2.05, 4.69) is 17.7 Å². The van der Waals surface area contributed by atoms with E-state index in [1.807, 2.05) is 0 Å². The molecule has 0 amide bonds. The molecule has 2 N–H and O–H groups in total. The van der Waals surface area contributed by atoms with Gasteiger partial charge in [0.2, 0.25) is 0 Å². The number of hydrogen-bond donors (Lipinski definition) is 2. The van der Waals surface area contributed by atoms with Crippen molar-refractivity contribution >= 4 is 20.2 Å². The van der Waals surface area contributed by atoms with Crippen LogP contribution in [0.1, 0.15) is 0 Å². The van der Waals surface area contributed by atoms with Gasteiger partial charge in [-0.2, -0.15) is 0 Å². The molecule has 0 saturated carbocycles. The molecule has 0 atom stereocenters. The summed E-state index contributed by atoms with van der Waals surface area (Å²) in [5, 5.41) is 0. The molecule has 9 heavy (non-hydrogen) atoms. The van der Waals surface area contributed by atoms with Crippen molar-refractivity contribution in [1.29, 1.82) is 0 Å². The average molecular weight is 173 g/mol. The maximum Gasteiger partial charge on any atom is 0.327 e. The predicted molar refractivity (Wildman–Crippen MR) is 39.3 cm³/mol. The van der Waals surface area contributed by atoms with Crippen LogP contribution in [0, 0.1) is 0 Å². The van der Waals surface area contributed by atoms with Crippen LogP contribution in [0.3, 0.4) is 0 Å². The van der Waals surface area contributed by atoms with Crippen LogP contribution in [-0.2, 0) is 4.52 Å². The van der Waals surface area contributed by atoms with Crippen molar-refractivity contribution in [3.05, 3.63) is 13.2 Å². The quantitative estimate of drug-likeness (QED) is 0.383. The second-order valence-electron chi connectivity index (χ2n) is 0.775. The second kappa shape index (κ2) is 11.2. The lowest BCUT2D eigenvalue weighted by Crippen LogP contribution is -1.87. The van der Waals surface area contributed by atoms with Crippen LogP contribution in [0.15, 0.2) is 13.2 Å². The van der Waals surface area contributed by atoms with Gasteiger partial charge in [-0.25, -0.2) is 0 Å². The fourth-order valence-corrected chi connectivity index (χ4v) is 0.555. The molecule has 5 heteroatoms. The van der Waals surface area contributed by atoms with Gasteiger partial charge < -0.3 is 14.3 Å². The van der Waals surface area contributed by atoms with Crippen LogP contribution in [0.5, 0.6) is 0 Å². The number of alkyl halides is 1. The summed E-state index contributed by atoms with van der Waals surface area (Å²) in [6.45, 7) is 6.19. The van der Waals surface area contributed by atoms with Crippen molar-refractivity contribution in [2.75, 3.05) is 12.5 Å². The highest BCUT2D eigenvalue weighted by molar-refractivity contribution is 7.39. The lowest BCUT2D eigenvalue weighted by Gasteiger charge is -1.97. The van der Waals surface area contributed by atoms with E-state index in [0.29, 0.717) is 5.88 Å². The standard InChI is InChI=1S/C2H6ClO3P.C2H4/c3-1-2-6-7(4)5;1-2/h4-5H,1-2H2;1-2H2. The fraction of sp³-hybridized carbons (Fsp3) is 0.500. The largest absolute Gasteiger partial charge is 0.328 e. The molecule has 0 rings (SSSR count). The van der Waals surface area contributed by atoms with Crippen LogP contribution in [0.2, 0.25) is 0 Å². The summed E-state index contributed by atoms with van der Waals surface area (Å²) in [6, 6.07) is 0. The Morgan fingerprint density at radius 1 is 1.44 bits per heavy atom. The van der Waals surface area contributed by atoms with Crippen molar-refractivity contribution in [3.8, 4) is 0 Å². The lowest BCUT2D eigenvalue weighted by atomic mass is 10.9. The van der Waals surface area contributed by atoms with Gasteiger partial charge in [0.1, 0.15) is 0 Å². The van der Waals surface area contributed by atoms with Crippen molar-refractivity contribution in [2.24, 2.45) is 0 Å². The normalized spacial score (nSPS) is 8.44. The zero-order valence-electron chi connectivity index (χ0n) is 4.96. The zero-order valence-corrected chi connectivity index (χ0v) is 6.61. The summed E-state index contributed by atoms with van der Waals surface area (Å²) in [7, 11) is -2.19. The zero-order chi connectivity index (χ0) is 7.70. The SMILES string of the molecule is C=C.OP(O)OCCCl. The molecule has 0 aromatic carbocycles. The molecule has 0 radical (unpaired) electrons. The first-order valence-corrected chi connectivity index (χ1v) is 3.84. The number of hydrogen-bond acceptors (Lipinski definition) is 3. The van der Waals surface area contributed by atoms with E-state index in [0.717, 1.165) is 0 Å². The Hall–Kier alpha value is 0.340. The Labute approximate surface area is 60.9 Å². The average Bonchev–Trinajstić information content (AvgIpc) is 1.88. The highest BCUT2D eigenvalue weighted by atomic mass is 35.5. The van der Waals surface area contributed by atoms with Gasteiger partial charge in [-0.3, -0.25) is 0 Å². The van der Waals surface area contributed by atoms with E-state index in [1.165, 1.54) is 0 Å². The molecule has 3 nitrogen and oxygen atoms in total. The topological polar surface area (TPSA) is 49.7 Å². The van der Waals surface area contributed by atoms with Gasteiger partial charge in [0.05, 0.1) is 6.61 Å². The van der Waals surface area contributed by atoms with Crippen LogP contribution in [0.4, 0.5) is 0 Å². The molecular weight excluding hydrogens is 162 g/mol. The van der Waals surface area contributed by atoms with Gasteiger partial charge in [0.15, 0.2) is 0 Å². The van der Waals surface area contributed by atoms with Crippen molar-refractivity contribution in [1.82, 2.24) is 0 Å². The Morgan fingerprint density at radius 3 is 2.00 bits per heavy atom. The third-order valence-corrected chi connectivity index (χ3v) is 0.852. The second-order valence-corrected chi connectivity index (χ2v) is 1.92. The molecule has 0 saturated heterocycles. The Balaban J connectivity index is 0. The lowest BCUT2D eigenvalue weighted by molar-refractivity contribution is 0.270. The predicted octanol–water partition coefficient (Wildman–Crippen LogP) is 1.26. The first-order valence-electron chi connectivity index (χ1n) is 2.14. The molecule has 0 aliphatic rings. The highest BCUT2D eigenvalue weighted by Crippen LogP contribution is 2.23. The van der Waals surface area contributed by atoms with E-state index in [4.69, 9.17) is 21.4 Å². The molecule has 0 aromatic heterocycles. The van der Waals surface area contributed by atoms with Crippen molar-refractivity contribution < 1.29 is 14.3 Å². The van der Waals surface area contributed by atoms with Gasteiger partial charge in [-0.1, -0.05) is 0 Å². The van der Waals surface area contributed by atoms with Gasteiger partial charge in [0, 0.05) is 5.88 Å². The van der Waals surface area contributed by atoms with E-state index >= 15 is 0 Å². The molecule has 0 unspecified atom stereocenters. The van der Waals surface area contributed by atoms with Gasteiger partial charge in [-0.05, 0) is 0 Å². The first-order chi connectivity index (χ1) is 4.27. The van der Waals surface area contributed by atoms with E-state index in [9.17, 15) is 0 Å². The van der Waals surface area contributed by atoms with Crippen LogP contribution < -0.4 is 0 Å². The number of halogens is 1. The fourth-order valence-electron chi connectivity index (χ4n) is 0.116. The summed E-state index contributed by atoms with van der Waals surface area (Å²) >= 11 is 5.11. The molecule has 0 fully saturated rings. The van der Waals surface area contributed by atoms with Gasteiger partial charge >= 0.3 is 8.60 Å². The van der Waals surface area contributed by atoms with Crippen LogP contribution in [0.25, 0.3) is 0 Å². The van der Waals surface area contributed by atoms with E-state index in [1.54, 1.807) is 0 Å². The molecule has 0 aliphatic heterocycles. The molecule has 0 spiro atoms. The molecule has 0 aliphatic carbocycles. The molecule has 56 valence electrons. The van der Waals surface area contributed by atoms with Crippen molar-refractivity contribution in [2.45, 2.75) is 0 Å². The summed E-state index contributed by atoms with van der Waals surface area (Å²) < 4.78 is 4.23. The molecule has 0 aromatic rings. The molecular formula is C4H10ClO3P. The van der Waals surface area contributed by atoms with Crippen molar-refractivity contribution in [3.63, 3.8) is 0 Å². The van der Waals surface area contributed by atoms with E-state index in [-0.39, 0.29) is 6.61 Å². The minimum absolute atomic E-state index is 0.195. The minimum Gasteiger partial charge on any atom is -0.328 e. The Morgan fingerprint density at radius 2 is 1.89 bits per heavy atom. The highest BCUT2D eigenvalue weighted by Gasteiger charge is 1.94. The minimum atomic E-state index is -2.19. The summed E-state index contributed by atoms with van der Waals surface area (Å²) in [5.74, 6) is 0.292. The maximum atomic E-state index is 8.02. The van der Waals surface area contributed by atoms with Crippen LogP contribution >= 0.6 is 20.2 Å². The third kappa shape index (κ3) is 17.8. The smallest absolute Gasteiger partial charge is 0.327 e. The molecule has 0 bridgehead atoms. The van der Waals surface area contributed by atoms with E-state index < -0.39 is 8.60 Å².